The number of nitrogens with one attached hydrogen (secondary N) is 1. The molecule has 0 bridgehead atoms. The van der Waals surface area contributed by atoms with Crippen LogP contribution in [-0.4, -0.2) is 70.0 Å². The van der Waals surface area contributed by atoms with Crippen molar-refractivity contribution in [1.29, 1.82) is 0 Å². The van der Waals surface area contributed by atoms with Crippen molar-refractivity contribution in [1.82, 2.24) is 24.9 Å². The number of carbonyl (C=O) groups is 1. The Morgan fingerprint density at radius 3 is 2.96 bits per heavy atom. The van der Waals surface area contributed by atoms with Crippen LogP contribution in [-0.2, 0) is 11.3 Å². The number of rotatable bonds is 4. The van der Waals surface area contributed by atoms with Gasteiger partial charge in [0.1, 0.15) is 6.10 Å². The van der Waals surface area contributed by atoms with Gasteiger partial charge in [0, 0.05) is 49.5 Å². The van der Waals surface area contributed by atoms with E-state index in [2.05, 4.69) is 29.2 Å². The minimum absolute atomic E-state index is 0.0473. The lowest BCUT2D eigenvalue weighted by atomic mass is 10.1. The topological polar surface area (TPSA) is 62.6 Å². The summed E-state index contributed by atoms with van der Waals surface area (Å²) in [6.45, 7) is 7.99. The van der Waals surface area contributed by atoms with Gasteiger partial charge in [-0.1, -0.05) is 0 Å². The highest BCUT2D eigenvalue weighted by molar-refractivity contribution is 5.74. The molecule has 1 aromatic heterocycles. The first-order valence-electron chi connectivity index (χ1n) is 9.59. The van der Waals surface area contributed by atoms with E-state index in [1.807, 2.05) is 22.0 Å². The lowest BCUT2D eigenvalue weighted by Crippen LogP contribution is -2.50. The number of aromatic nitrogens is 2. The highest BCUT2D eigenvalue weighted by atomic mass is 16.5. The third kappa shape index (κ3) is 3.67. The van der Waals surface area contributed by atoms with Gasteiger partial charge < -0.3 is 15.0 Å². The summed E-state index contributed by atoms with van der Waals surface area (Å²) in [7, 11) is 0. The van der Waals surface area contributed by atoms with E-state index in [1.165, 1.54) is 12.8 Å². The second-order valence-electron chi connectivity index (χ2n) is 7.59. The minimum atomic E-state index is -0.0785. The van der Waals surface area contributed by atoms with Crippen LogP contribution in [0.25, 0.3) is 0 Å². The summed E-state index contributed by atoms with van der Waals surface area (Å²) in [6, 6.07) is 1.66. The van der Waals surface area contributed by atoms with Gasteiger partial charge in [-0.2, -0.15) is 5.10 Å². The molecule has 1 N–H and O–H groups in total. The zero-order valence-electron chi connectivity index (χ0n) is 15.2. The molecule has 138 valence electrons. The molecule has 0 unspecified atom stereocenters. The van der Waals surface area contributed by atoms with Gasteiger partial charge in [0.15, 0.2) is 0 Å². The van der Waals surface area contributed by atoms with Crippen molar-refractivity contribution in [2.24, 2.45) is 0 Å². The SMILES string of the molecule is CCn1cc([C@@H]2CN(C(=O)N[C@H]3C[C@H](C)N(C4CC4)C3)CCO2)cn1. The number of hydrogen-bond acceptors (Lipinski definition) is 4. The number of hydrogen-bond donors (Lipinski definition) is 1. The second-order valence-corrected chi connectivity index (χ2v) is 7.59. The number of urea groups is 1. The van der Waals surface area contributed by atoms with Crippen LogP contribution < -0.4 is 5.32 Å². The van der Waals surface area contributed by atoms with Crippen LogP contribution in [0.1, 0.15) is 44.8 Å². The first-order chi connectivity index (χ1) is 12.1. The van der Waals surface area contributed by atoms with Crippen molar-refractivity contribution >= 4 is 6.03 Å². The Morgan fingerprint density at radius 1 is 1.40 bits per heavy atom. The number of carbonyl (C=O) groups excluding carboxylic acids is 1. The van der Waals surface area contributed by atoms with E-state index in [-0.39, 0.29) is 18.2 Å². The second kappa shape index (κ2) is 6.96. The number of ether oxygens (including phenoxy) is 1. The van der Waals surface area contributed by atoms with Gasteiger partial charge in [0.05, 0.1) is 19.3 Å². The first-order valence-corrected chi connectivity index (χ1v) is 9.59. The molecule has 7 nitrogen and oxygen atoms in total. The number of nitrogens with zero attached hydrogens (tertiary/aromatic N) is 4. The summed E-state index contributed by atoms with van der Waals surface area (Å²) in [6.07, 6.45) is 7.48. The predicted molar refractivity (Wildman–Crippen MR) is 94.3 cm³/mol. The summed E-state index contributed by atoms with van der Waals surface area (Å²) < 4.78 is 7.76. The standard InChI is InChI=1S/C18H29N5O2/c1-3-22-10-14(9-19-22)17-12-21(6-7-25-17)18(24)20-15-8-13(2)23(11-15)16-4-5-16/h9-10,13,15-17H,3-8,11-12H2,1-2H3,(H,20,24)/t13-,15-,17-/m0/s1. The molecule has 3 atom stereocenters. The van der Waals surface area contributed by atoms with Gasteiger partial charge in [-0.3, -0.25) is 9.58 Å². The number of aryl methyl sites for hydroxylation is 1. The predicted octanol–water partition coefficient (Wildman–Crippen LogP) is 1.61. The monoisotopic (exact) mass is 347 g/mol. The molecule has 7 heteroatoms. The molecule has 25 heavy (non-hydrogen) atoms. The molecular weight excluding hydrogens is 318 g/mol. The fraction of sp³-hybridized carbons (Fsp3) is 0.778. The molecule has 0 aromatic carbocycles. The molecule has 3 aliphatic rings. The molecule has 2 saturated heterocycles. The fourth-order valence-corrected chi connectivity index (χ4v) is 4.10. The van der Waals surface area contributed by atoms with Gasteiger partial charge in [-0.25, -0.2) is 4.79 Å². The first kappa shape index (κ1) is 16.8. The highest BCUT2D eigenvalue weighted by Crippen LogP contribution is 2.33. The van der Waals surface area contributed by atoms with Crippen molar-refractivity contribution in [2.45, 2.75) is 63.9 Å². The van der Waals surface area contributed by atoms with E-state index in [0.717, 1.165) is 31.1 Å². The van der Waals surface area contributed by atoms with Gasteiger partial charge in [0.25, 0.3) is 0 Å². The molecule has 3 heterocycles. The van der Waals surface area contributed by atoms with E-state index >= 15 is 0 Å². The Bertz CT molecular complexity index is 614. The van der Waals surface area contributed by atoms with Crippen LogP contribution in [0.5, 0.6) is 0 Å². The maximum atomic E-state index is 12.7. The fourth-order valence-electron chi connectivity index (χ4n) is 4.10. The van der Waals surface area contributed by atoms with Crippen molar-refractivity contribution in [3.63, 3.8) is 0 Å². The number of likely N-dealkylation sites (tertiary alicyclic amines) is 1. The average molecular weight is 347 g/mol. The van der Waals surface area contributed by atoms with Crippen molar-refractivity contribution in [2.75, 3.05) is 26.2 Å². The third-order valence-corrected chi connectivity index (χ3v) is 5.67. The lowest BCUT2D eigenvalue weighted by molar-refractivity contribution is -0.0158. The van der Waals surface area contributed by atoms with E-state index in [0.29, 0.717) is 25.7 Å². The van der Waals surface area contributed by atoms with E-state index in [4.69, 9.17) is 4.74 Å². The van der Waals surface area contributed by atoms with Crippen LogP contribution in [0, 0.1) is 0 Å². The van der Waals surface area contributed by atoms with Crippen LogP contribution in [0.15, 0.2) is 12.4 Å². The largest absolute Gasteiger partial charge is 0.370 e. The molecule has 2 aliphatic heterocycles. The zero-order chi connectivity index (χ0) is 17.4. The smallest absolute Gasteiger partial charge is 0.317 e. The van der Waals surface area contributed by atoms with Crippen molar-refractivity contribution < 1.29 is 9.53 Å². The van der Waals surface area contributed by atoms with Crippen LogP contribution in [0.3, 0.4) is 0 Å². The summed E-state index contributed by atoms with van der Waals surface area (Å²) in [5, 5.41) is 7.56. The average Bonchev–Trinajstić information content (AvgIpc) is 3.23. The van der Waals surface area contributed by atoms with Crippen LogP contribution >= 0.6 is 0 Å². The van der Waals surface area contributed by atoms with Gasteiger partial charge in [-0.15, -0.1) is 0 Å². The van der Waals surface area contributed by atoms with E-state index in [1.54, 1.807) is 0 Å². The number of amides is 2. The molecule has 0 radical (unpaired) electrons. The molecule has 2 amide bonds. The van der Waals surface area contributed by atoms with E-state index in [9.17, 15) is 4.79 Å². The van der Waals surface area contributed by atoms with Crippen molar-refractivity contribution in [3.8, 4) is 0 Å². The quantitative estimate of drug-likeness (QED) is 0.899. The molecule has 1 aromatic rings. The molecular formula is C18H29N5O2. The molecule has 1 saturated carbocycles. The van der Waals surface area contributed by atoms with Crippen molar-refractivity contribution in [3.05, 3.63) is 18.0 Å². The van der Waals surface area contributed by atoms with Crippen LogP contribution in [0.2, 0.25) is 0 Å². The molecule has 0 spiro atoms. The van der Waals surface area contributed by atoms with Gasteiger partial charge >= 0.3 is 6.03 Å². The zero-order valence-corrected chi connectivity index (χ0v) is 15.2. The summed E-state index contributed by atoms with van der Waals surface area (Å²) in [5.41, 5.74) is 1.05. The Balaban J connectivity index is 1.32. The molecule has 1 aliphatic carbocycles. The normalized spacial score (nSPS) is 30.6. The Labute approximate surface area is 149 Å². The highest BCUT2D eigenvalue weighted by Gasteiger charge is 2.39. The Hall–Kier alpha value is -1.60. The molecule has 3 fully saturated rings. The third-order valence-electron chi connectivity index (χ3n) is 5.67. The van der Waals surface area contributed by atoms with Crippen LogP contribution in [0.4, 0.5) is 4.79 Å². The number of morpholine rings is 1. The maximum Gasteiger partial charge on any atom is 0.317 e. The van der Waals surface area contributed by atoms with Gasteiger partial charge in [-0.05, 0) is 33.1 Å². The Kier molecular flexibility index (Phi) is 4.69. The maximum absolute atomic E-state index is 12.7. The summed E-state index contributed by atoms with van der Waals surface area (Å²) >= 11 is 0. The Morgan fingerprint density at radius 2 is 2.24 bits per heavy atom. The summed E-state index contributed by atoms with van der Waals surface area (Å²) in [5.74, 6) is 0. The minimum Gasteiger partial charge on any atom is -0.370 e. The lowest BCUT2D eigenvalue weighted by Gasteiger charge is -2.33. The van der Waals surface area contributed by atoms with E-state index < -0.39 is 0 Å². The van der Waals surface area contributed by atoms with Gasteiger partial charge in [0.2, 0.25) is 0 Å². The summed E-state index contributed by atoms with van der Waals surface area (Å²) in [4.78, 5) is 17.2. The molecule has 4 rings (SSSR count).